The van der Waals surface area contributed by atoms with Gasteiger partial charge in [-0.2, -0.15) is 0 Å². The SMILES string of the molecule is O=C(Nc1cccc(N(c2ccncc2)c2ncccn2)c1)c1ccc(OC(F)(F)F)cc1. The summed E-state index contributed by atoms with van der Waals surface area (Å²) >= 11 is 0. The van der Waals surface area contributed by atoms with Crippen molar-refractivity contribution in [2.75, 3.05) is 10.2 Å². The van der Waals surface area contributed by atoms with E-state index in [0.29, 0.717) is 17.3 Å². The summed E-state index contributed by atoms with van der Waals surface area (Å²) in [5.74, 6) is -0.471. The number of anilines is 4. The first kappa shape index (κ1) is 21.8. The number of aromatic nitrogens is 3. The largest absolute Gasteiger partial charge is 0.573 e. The Morgan fingerprint density at radius 2 is 1.55 bits per heavy atom. The topological polar surface area (TPSA) is 80.2 Å². The summed E-state index contributed by atoms with van der Waals surface area (Å²) in [5, 5.41) is 2.74. The minimum Gasteiger partial charge on any atom is -0.406 e. The molecule has 33 heavy (non-hydrogen) atoms. The number of benzene rings is 2. The minimum atomic E-state index is -4.80. The fourth-order valence-corrected chi connectivity index (χ4v) is 3.01. The number of amides is 1. The monoisotopic (exact) mass is 451 g/mol. The molecule has 0 unspecified atom stereocenters. The van der Waals surface area contributed by atoms with Crippen molar-refractivity contribution in [3.63, 3.8) is 0 Å². The van der Waals surface area contributed by atoms with Gasteiger partial charge in [-0.1, -0.05) is 6.07 Å². The molecule has 1 amide bonds. The van der Waals surface area contributed by atoms with Gasteiger partial charge < -0.3 is 10.1 Å². The lowest BCUT2D eigenvalue weighted by molar-refractivity contribution is -0.274. The summed E-state index contributed by atoms with van der Waals surface area (Å²) in [6.07, 6.45) is 1.72. The van der Waals surface area contributed by atoms with Crippen LogP contribution in [-0.4, -0.2) is 27.2 Å². The van der Waals surface area contributed by atoms with E-state index in [0.717, 1.165) is 17.8 Å². The first-order valence-electron chi connectivity index (χ1n) is 9.63. The van der Waals surface area contributed by atoms with Gasteiger partial charge in [0.2, 0.25) is 5.95 Å². The van der Waals surface area contributed by atoms with E-state index in [1.54, 1.807) is 66.1 Å². The predicted octanol–water partition coefficient (Wildman–Crippen LogP) is 5.49. The number of hydrogen-bond acceptors (Lipinski definition) is 6. The number of nitrogens with one attached hydrogen (secondary N) is 1. The van der Waals surface area contributed by atoms with Crippen molar-refractivity contribution in [2.24, 2.45) is 0 Å². The van der Waals surface area contributed by atoms with E-state index in [2.05, 4.69) is 25.0 Å². The molecule has 0 spiro atoms. The minimum absolute atomic E-state index is 0.173. The summed E-state index contributed by atoms with van der Waals surface area (Å²) in [5.41, 5.74) is 2.09. The van der Waals surface area contributed by atoms with Crippen LogP contribution in [0.1, 0.15) is 10.4 Å². The number of ether oxygens (including phenoxy) is 1. The van der Waals surface area contributed by atoms with Crippen molar-refractivity contribution in [1.82, 2.24) is 15.0 Å². The fourth-order valence-electron chi connectivity index (χ4n) is 3.01. The van der Waals surface area contributed by atoms with Crippen molar-refractivity contribution >= 4 is 28.9 Å². The maximum atomic E-state index is 12.6. The quantitative estimate of drug-likeness (QED) is 0.418. The van der Waals surface area contributed by atoms with Crippen molar-refractivity contribution in [3.8, 4) is 5.75 Å². The summed E-state index contributed by atoms with van der Waals surface area (Å²) in [6.45, 7) is 0. The Morgan fingerprint density at radius 3 is 2.21 bits per heavy atom. The van der Waals surface area contributed by atoms with Gasteiger partial charge in [-0.15, -0.1) is 13.2 Å². The molecule has 4 rings (SSSR count). The first-order valence-corrected chi connectivity index (χ1v) is 9.63. The molecule has 2 aromatic heterocycles. The Balaban J connectivity index is 1.57. The summed E-state index contributed by atoms with van der Waals surface area (Å²) in [7, 11) is 0. The molecule has 0 saturated carbocycles. The van der Waals surface area contributed by atoms with Crippen LogP contribution in [0.25, 0.3) is 0 Å². The molecule has 0 bridgehead atoms. The zero-order valence-electron chi connectivity index (χ0n) is 16.9. The smallest absolute Gasteiger partial charge is 0.406 e. The molecule has 7 nitrogen and oxygen atoms in total. The van der Waals surface area contributed by atoms with Crippen molar-refractivity contribution in [1.29, 1.82) is 0 Å². The van der Waals surface area contributed by atoms with E-state index in [9.17, 15) is 18.0 Å². The highest BCUT2D eigenvalue weighted by Crippen LogP contribution is 2.33. The van der Waals surface area contributed by atoms with E-state index in [-0.39, 0.29) is 5.56 Å². The standard InChI is InChI=1S/C23H16F3N5O2/c24-23(25,26)33-20-7-5-16(6-8-20)21(32)30-17-3-1-4-19(15-17)31(18-9-13-27-14-10-18)22-28-11-2-12-29-22/h1-15H,(H,30,32). The van der Waals surface area contributed by atoms with Gasteiger partial charge in [0.05, 0.1) is 11.4 Å². The van der Waals surface area contributed by atoms with Crippen LogP contribution >= 0.6 is 0 Å². The molecule has 0 radical (unpaired) electrons. The second-order valence-electron chi connectivity index (χ2n) is 6.67. The summed E-state index contributed by atoms with van der Waals surface area (Å²) < 4.78 is 40.8. The molecule has 166 valence electrons. The second-order valence-corrected chi connectivity index (χ2v) is 6.67. The number of carbonyl (C=O) groups excluding carboxylic acids is 1. The van der Waals surface area contributed by atoms with Gasteiger partial charge in [0.15, 0.2) is 0 Å². The third kappa shape index (κ3) is 5.62. The highest BCUT2D eigenvalue weighted by atomic mass is 19.4. The van der Waals surface area contributed by atoms with Crippen LogP contribution in [0.4, 0.5) is 36.2 Å². The average Bonchev–Trinajstić information content (AvgIpc) is 2.80. The van der Waals surface area contributed by atoms with E-state index in [1.165, 1.54) is 12.1 Å². The molecule has 2 heterocycles. The van der Waals surface area contributed by atoms with Gasteiger partial charge in [0, 0.05) is 36.0 Å². The Kier molecular flexibility index (Phi) is 6.16. The molecule has 0 fully saturated rings. The Bertz CT molecular complexity index is 1180. The van der Waals surface area contributed by atoms with Crippen LogP contribution in [0.2, 0.25) is 0 Å². The predicted molar refractivity (Wildman–Crippen MR) is 116 cm³/mol. The summed E-state index contributed by atoms with van der Waals surface area (Å²) in [6, 6.07) is 17.0. The lowest BCUT2D eigenvalue weighted by Crippen LogP contribution is -2.17. The second kappa shape index (κ2) is 9.35. The zero-order chi connectivity index (χ0) is 23.3. The number of pyridine rings is 1. The van der Waals surface area contributed by atoms with Crippen molar-refractivity contribution in [2.45, 2.75) is 6.36 Å². The van der Waals surface area contributed by atoms with Gasteiger partial charge in [0.25, 0.3) is 5.91 Å². The molecule has 0 aliphatic heterocycles. The normalized spacial score (nSPS) is 11.0. The van der Waals surface area contributed by atoms with Crippen molar-refractivity contribution in [3.05, 3.63) is 97.1 Å². The van der Waals surface area contributed by atoms with Crippen molar-refractivity contribution < 1.29 is 22.7 Å². The van der Waals surface area contributed by atoms with Gasteiger partial charge >= 0.3 is 6.36 Å². The maximum absolute atomic E-state index is 12.6. The van der Waals surface area contributed by atoms with Gasteiger partial charge in [-0.25, -0.2) is 9.97 Å². The number of halogens is 3. The fraction of sp³-hybridized carbons (Fsp3) is 0.0435. The molecule has 0 aliphatic carbocycles. The van der Waals surface area contributed by atoms with E-state index in [1.807, 2.05) is 6.07 Å². The lowest BCUT2D eigenvalue weighted by atomic mass is 10.2. The average molecular weight is 451 g/mol. The number of hydrogen-bond donors (Lipinski definition) is 1. The number of carbonyl (C=O) groups is 1. The van der Waals surface area contributed by atoms with Gasteiger partial charge in [-0.05, 0) is 60.7 Å². The van der Waals surface area contributed by atoms with Gasteiger partial charge in [0.1, 0.15) is 5.75 Å². The third-order valence-corrected chi connectivity index (χ3v) is 4.39. The third-order valence-electron chi connectivity index (χ3n) is 4.39. The van der Waals surface area contributed by atoms with Crippen LogP contribution in [0.15, 0.2) is 91.5 Å². The molecule has 4 aromatic rings. The highest BCUT2D eigenvalue weighted by molar-refractivity contribution is 6.04. The number of rotatable bonds is 6. The van der Waals surface area contributed by atoms with E-state index in [4.69, 9.17) is 0 Å². The highest BCUT2D eigenvalue weighted by Gasteiger charge is 2.31. The van der Waals surface area contributed by atoms with E-state index >= 15 is 0 Å². The molecule has 10 heteroatoms. The molecule has 2 aromatic carbocycles. The summed E-state index contributed by atoms with van der Waals surface area (Å²) in [4.78, 5) is 27.1. The molecule has 0 aliphatic rings. The maximum Gasteiger partial charge on any atom is 0.573 e. The van der Waals surface area contributed by atoms with Crippen LogP contribution in [0, 0.1) is 0 Å². The Hall–Kier alpha value is -4.47. The molecule has 1 N–H and O–H groups in total. The molecule has 0 atom stereocenters. The van der Waals surface area contributed by atoms with Crippen LogP contribution in [0.5, 0.6) is 5.75 Å². The molecular formula is C23H16F3N5O2. The number of alkyl halides is 3. The van der Waals surface area contributed by atoms with Gasteiger partial charge in [-0.3, -0.25) is 14.7 Å². The Labute approximate surface area is 186 Å². The first-order chi connectivity index (χ1) is 15.9. The zero-order valence-corrected chi connectivity index (χ0v) is 16.9. The van der Waals surface area contributed by atoms with E-state index < -0.39 is 18.0 Å². The van der Waals surface area contributed by atoms with Crippen LogP contribution in [-0.2, 0) is 0 Å². The van der Waals surface area contributed by atoms with Crippen LogP contribution in [0.3, 0.4) is 0 Å². The van der Waals surface area contributed by atoms with Crippen LogP contribution < -0.4 is 15.0 Å². The lowest BCUT2D eigenvalue weighted by Gasteiger charge is -2.23. The Morgan fingerprint density at radius 1 is 0.848 bits per heavy atom. The number of nitrogens with zero attached hydrogens (tertiary/aromatic N) is 4. The molecule has 0 saturated heterocycles. The molecular weight excluding hydrogens is 435 g/mol.